The van der Waals surface area contributed by atoms with Gasteiger partial charge in [0.25, 0.3) is 0 Å². The lowest BCUT2D eigenvalue weighted by Crippen LogP contribution is -2.42. The van der Waals surface area contributed by atoms with Gasteiger partial charge in [-0.2, -0.15) is 0 Å². The van der Waals surface area contributed by atoms with Gasteiger partial charge < -0.3 is 4.74 Å². The number of ketones is 1. The van der Waals surface area contributed by atoms with Crippen molar-refractivity contribution in [3.05, 3.63) is 29.8 Å². The van der Waals surface area contributed by atoms with Crippen molar-refractivity contribution < 1.29 is 9.53 Å². The van der Waals surface area contributed by atoms with Gasteiger partial charge in [0.05, 0.1) is 18.7 Å². The Morgan fingerprint density at radius 3 is 2.45 bits per heavy atom. The Kier molecular flexibility index (Phi) is 5.75. The molecule has 0 aliphatic heterocycles. The van der Waals surface area contributed by atoms with Gasteiger partial charge in [0.2, 0.25) is 0 Å². The summed E-state index contributed by atoms with van der Waals surface area (Å²) in [7, 11) is 2.00. The van der Waals surface area contributed by atoms with Crippen molar-refractivity contribution in [1.29, 1.82) is 0 Å². The van der Waals surface area contributed by atoms with Gasteiger partial charge in [-0.3, -0.25) is 9.69 Å². The molecule has 0 aromatic heterocycles. The molecule has 1 aromatic carbocycles. The molecule has 0 aliphatic rings. The van der Waals surface area contributed by atoms with E-state index in [2.05, 4.69) is 32.6 Å². The van der Waals surface area contributed by atoms with Crippen molar-refractivity contribution in [3.63, 3.8) is 0 Å². The molecule has 112 valence electrons. The maximum absolute atomic E-state index is 12.5. The number of para-hydroxylation sites is 1. The van der Waals surface area contributed by atoms with E-state index in [1.54, 1.807) is 0 Å². The van der Waals surface area contributed by atoms with Crippen LogP contribution in [0.3, 0.4) is 0 Å². The van der Waals surface area contributed by atoms with Crippen LogP contribution in [0, 0.1) is 5.41 Å². The monoisotopic (exact) mass is 277 g/mol. The number of hydrogen-bond donors (Lipinski definition) is 0. The normalized spacial score (nSPS) is 13.3. The number of nitrogens with zero attached hydrogens (tertiary/aromatic N) is 1. The molecular formula is C17H27NO2. The molecule has 0 saturated carbocycles. The molecule has 1 unspecified atom stereocenters. The number of likely N-dealkylation sites (N-methyl/N-ethyl adjacent to an activating group) is 1. The van der Waals surface area contributed by atoms with Crippen LogP contribution in [0.5, 0.6) is 5.75 Å². The van der Waals surface area contributed by atoms with Crippen LogP contribution in [0.1, 0.15) is 45.0 Å². The Morgan fingerprint density at radius 2 is 1.90 bits per heavy atom. The van der Waals surface area contributed by atoms with Crippen molar-refractivity contribution in [2.75, 3.05) is 20.2 Å². The van der Waals surface area contributed by atoms with E-state index in [1.807, 2.05) is 38.2 Å². The third kappa shape index (κ3) is 4.34. The molecule has 0 heterocycles. The van der Waals surface area contributed by atoms with Crippen molar-refractivity contribution in [2.45, 2.75) is 40.7 Å². The van der Waals surface area contributed by atoms with Crippen molar-refractivity contribution >= 4 is 5.78 Å². The number of carbonyl (C=O) groups excluding carboxylic acids is 1. The lowest BCUT2D eigenvalue weighted by Gasteiger charge is -2.35. The Bertz CT molecular complexity index is 449. The van der Waals surface area contributed by atoms with Crippen LogP contribution in [0.2, 0.25) is 0 Å². The molecule has 20 heavy (non-hydrogen) atoms. The molecule has 0 bridgehead atoms. The van der Waals surface area contributed by atoms with Gasteiger partial charge in [-0.15, -0.1) is 0 Å². The van der Waals surface area contributed by atoms with E-state index in [-0.39, 0.29) is 11.2 Å². The second-order valence-corrected chi connectivity index (χ2v) is 6.31. The van der Waals surface area contributed by atoms with Crippen molar-refractivity contribution in [1.82, 2.24) is 4.90 Å². The summed E-state index contributed by atoms with van der Waals surface area (Å²) in [6.45, 7) is 11.6. The topological polar surface area (TPSA) is 29.5 Å². The zero-order valence-electron chi connectivity index (χ0n) is 13.6. The zero-order chi connectivity index (χ0) is 15.3. The van der Waals surface area contributed by atoms with Gasteiger partial charge in [0.1, 0.15) is 5.75 Å². The first kappa shape index (κ1) is 16.7. The molecule has 0 aliphatic carbocycles. The van der Waals surface area contributed by atoms with Gasteiger partial charge in [-0.05, 0) is 38.4 Å². The van der Waals surface area contributed by atoms with Crippen LogP contribution >= 0.6 is 0 Å². The smallest absolute Gasteiger partial charge is 0.180 e. The quantitative estimate of drug-likeness (QED) is 0.744. The molecule has 0 saturated heterocycles. The molecule has 0 amide bonds. The summed E-state index contributed by atoms with van der Waals surface area (Å²) >= 11 is 0. The minimum Gasteiger partial charge on any atom is -0.493 e. The number of Topliss-reactive ketones (excluding diaryl/α,β-unsaturated/α-hetero) is 1. The number of carbonyl (C=O) groups is 1. The van der Waals surface area contributed by atoms with Crippen molar-refractivity contribution in [3.8, 4) is 5.75 Å². The Hall–Kier alpha value is -1.35. The number of hydrogen-bond acceptors (Lipinski definition) is 3. The summed E-state index contributed by atoms with van der Waals surface area (Å²) < 4.78 is 5.53. The molecular weight excluding hydrogens is 250 g/mol. The Balaban J connectivity index is 2.81. The van der Waals surface area contributed by atoms with Gasteiger partial charge in [0, 0.05) is 6.04 Å². The average molecular weight is 277 g/mol. The fourth-order valence-corrected chi connectivity index (χ4v) is 2.09. The molecule has 0 radical (unpaired) electrons. The second kappa shape index (κ2) is 6.89. The first-order valence-corrected chi connectivity index (χ1v) is 7.22. The minimum absolute atomic E-state index is 0.104. The minimum atomic E-state index is 0.104. The van der Waals surface area contributed by atoms with Crippen LogP contribution in [-0.4, -0.2) is 36.9 Å². The molecule has 0 fully saturated rings. The number of ether oxygens (including phenoxy) is 1. The summed E-state index contributed by atoms with van der Waals surface area (Å²) in [6, 6.07) is 7.78. The Morgan fingerprint density at radius 1 is 1.30 bits per heavy atom. The zero-order valence-corrected chi connectivity index (χ0v) is 13.6. The molecule has 3 nitrogen and oxygen atoms in total. The van der Waals surface area contributed by atoms with E-state index in [0.717, 1.165) is 0 Å². The first-order valence-electron chi connectivity index (χ1n) is 7.22. The molecule has 3 heteroatoms. The maximum Gasteiger partial charge on any atom is 0.180 e. The van der Waals surface area contributed by atoms with Gasteiger partial charge in [-0.1, -0.05) is 32.9 Å². The highest BCUT2D eigenvalue weighted by molar-refractivity contribution is 6.00. The first-order chi connectivity index (χ1) is 9.27. The van der Waals surface area contributed by atoms with Gasteiger partial charge in [-0.25, -0.2) is 0 Å². The fraction of sp³-hybridized carbons (Fsp3) is 0.588. The predicted molar refractivity (Wildman–Crippen MR) is 83.5 cm³/mol. The van der Waals surface area contributed by atoms with E-state index < -0.39 is 0 Å². The van der Waals surface area contributed by atoms with Gasteiger partial charge >= 0.3 is 0 Å². The average Bonchev–Trinajstić information content (AvgIpc) is 2.37. The highest BCUT2D eigenvalue weighted by Gasteiger charge is 2.25. The third-order valence-corrected chi connectivity index (χ3v) is 3.79. The standard InChI is InChI=1S/C17H27NO2/c1-7-20-16-11-9-8-10-14(16)15(19)12-18(6)13(2)17(3,4)5/h8-11,13H,7,12H2,1-6H3. The summed E-state index contributed by atoms with van der Waals surface area (Å²) in [5.41, 5.74) is 0.816. The lowest BCUT2D eigenvalue weighted by molar-refractivity contribution is 0.0850. The largest absolute Gasteiger partial charge is 0.493 e. The lowest BCUT2D eigenvalue weighted by atomic mass is 9.87. The van der Waals surface area contributed by atoms with Crippen LogP contribution in [0.4, 0.5) is 0 Å². The Labute approximate surface area is 122 Å². The SMILES string of the molecule is CCOc1ccccc1C(=O)CN(C)C(C)C(C)(C)C. The molecule has 0 spiro atoms. The molecule has 0 N–H and O–H groups in total. The second-order valence-electron chi connectivity index (χ2n) is 6.31. The third-order valence-electron chi connectivity index (χ3n) is 3.79. The molecule has 1 atom stereocenters. The molecule has 1 aromatic rings. The summed E-state index contributed by atoms with van der Waals surface area (Å²) in [4.78, 5) is 14.6. The van der Waals surface area contributed by atoms with E-state index in [1.165, 1.54) is 0 Å². The van der Waals surface area contributed by atoms with E-state index >= 15 is 0 Å². The number of rotatable bonds is 6. The van der Waals surface area contributed by atoms with E-state index in [0.29, 0.717) is 30.5 Å². The summed E-state index contributed by atoms with van der Waals surface area (Å²) in [5, 5.41) is 0. The number of benzene rings is 1. The summed E-state index contributed by atoms with van der Waals surface area (Å²) in [6.07, 6.45) is 0. The molecule has 1 rings (SSSR count). The highest BCUT2D eigenvalue weighted by Crippen LogP contribution is 2.24. The van der Waals surface area contributed by atoms with Crippen LogP contribution in [-0.2, 0) is 0 Å². The summed E-state index contributed by atoms with van der Waals surface area (Å²) in [5.74, 6) is 0.782. The van der Waals surface area contributed by atoms with Gasteiger partial charge in [0.15, 0.2) is 5.78 Å². The van der Waals surface area contributed by atoms with E-state index in [4.69, 9.17) is 4.74 Å². The predicted octanol–water partition coefficient (Wildman–Crippen LogP) is 3.63. The maximum atomic E-state index is 12.5. The van der Waals surface area contributed by atoms with Crippen LogP contribution in [0.15, 0.2) is 24.3 Å². The highest BCUT2D eigenvalue weighted by atomic mass is 16.5. The van der Waals surface area contributed by atoms with Crippen LogP contribution < -0.4 is 4.74 Å². The fourth-order valence-electron chi connectivity index (χ4n) is 2.09. The van der Waals surface area contributed by atoms with Crippen molar-refractivity contribution in [2.24, 2.45) is 5.41 Å². The van der Waals surface area contributed by atoms with E-state index in [9.17, 15) is 4.79 Å². The van der Waals surface area contributed by atoms with Crippen LogP contribution in [0.25, 0.3) is 0 Å².